The number of aromatic nitrogens is 2. The molecule has 2 unspecified atom stereocenters. The minimum absolute atomic E-state index is 0.236. The van der Waals surface area contributed by atoms with Gasteiger partial charge >= 0.3 is 0 Å². The first kappa shape index (κ1) is 28.6. The number of nitrogens with zero attached hydrogens (tertiary/aromatic N) is 6. The fourth-order valence-corrected chi connectivity index (χ4v) is 6.56. The molecule has 1 N–H and O–H groups in total. The van der Waals surface area contributed by atoms with Crippen molar-refractivity contribution in [3.8, 4) is 5.75 Å². The first-order chi connectivity index (χ1) is 20.4. The van der Waals surface area contributed by atoms with Gasteiger partial charge in [-0.05, 0) is 45.0 Å². The molecule has 42 heavy (non-hydrogen) atoms. The number of hydroxylamine groups is 1. The van der Waals surface area contributed by atoms with Crippen molar-refractivity contribution in [3.05, 3.63) is 66.0 Å². The second-order valence-corrected chi connectivity index (χ2v) is 11.4. The van der Waals surface area contributed by atoms with E-state index < -0.39 is 17.7 Å². The number of piperidine rings is 1. The van der Waals surface area contributed by atoms with Crippen molar-refractivity contribution >= 4 is 23.0 Å². The van der Waals surface area contributed by atoms with Crippen LogP contribution in [-0.2, 0) is 4.84 Å². The standard InChI is InChI=1S/C31H39F2N7O2/c1-21-19-37(2)14-15-39(21)22-9-12-38(13-10-22)23-7-8-26(28(17-23)41-3)36-29-18-30(35-20-34-29)40-27(11-16-42-40)24-5-4-6-25(32)31(24)33/h4-8,17-18,20-22,27H,9-16,19H2,1-3H3,(H,34,35,36). The lowest BCUT2D eigenvalue weighted by molar-refractivity contribution is 0.0511. The van der Waals surface area contributed by atoms with E-state index in [1.54, 1.807) is 19.2 Å². The van der Waals surface area contributed by atoms with Gasteiger partial charge in [-0.1, -0.05) is 12.1 Å². The Morgan fingerprint density at radius 1 is 1.00 bits per heavy atom. The lowest BCUT2D eigenvalue weighted by Crippen LogP contribution is -2.56. The summed E-state index contributed by atoms with van der Waals surface area (Å²) in [6.45, 7) is 8.16. The maximum Gasteiger partial charge on any atom is 0.164 e. The second kappa shape index (κ2) is 12.4. The van der Waals surface area contributed by atoms with Gasteiger partial charge in [0.25, 0.3) is 0 Å². The van der Waals surface area contributed by atoms with Crippen LogP contribution in [0.1, 0.15) is 37.8 Å². The van der Waals surface area contributed by atoms with Crippen LogP contribution in [0.15, 0.2) is 48.8 Å². The van der Waals surface area contributed by atoms with Crippen LogP contribution < -0.4 is 20.0 Å². The number of ether oxygens (including phenoxy) is 1. The number of rotatable bonds is 7. The lowest BCUT2D eigenvalue weighted by atomic mass is 9.99. The van der Waals surface area contributed by atoms with E-state index >= 15 is 0 Å². The van der Waals surface area contributed by atoms with Gasteiger partial charge in [-0.15, -0.1) is 0 Å². The van der Waals surface area contributed by atoms with Gasteiger partial charge in [0.05, 0.1) is 25.4 Å². The van der Waals surface area contributed by atoms with E-state index in [0.29, 0.717) is 42.5 Å². The molecule has 3 fully saturated rings. The highest BCUT2D eigenvalue weighted by atomic mass is 19.2. The summed E-state index contributed by atoms with van der Waals surface area (Å²) in [5.41, 5.74) is 2.14. The molecule has 1 aromatic heterocycles. The summed E-state index contributed by atoms with van der Waals surface area (Å²) in [4.78, 5) is 22.1. The zero-order valence-electron chi connectivity index (χ0n) is 24.5. The molecule has 0 radical (unpaired) electrons. The topological polar surface area (TPSA) is 69.2 Å². The molecule has 9 nitrogen and oxygen atoms in total. The number of halogens is 2. The first-order valence-electron chi connectivity index (χ1n) is 14.7. The van der Waals surface area contributed by atoms with Crippen molar-refractivity contribution in [3.63, 3.8) is 0 Å². The van der Waals surface area contributed by atoms with E-state index in [-0.39, 0.29) is 5.56 Å². The highest BCUT2D eigenvalue weighted by Crippen LogP contribution is 2.37. The minimum atomic E-state index is -0.881. The lowest BCUT2D eigenvalue weighted by Gasteiger charge is -2.46. The summed E-state index contributed by atoms with van der Waals surface area (Å²) in [6.07, 6.45) is 4.23. The van der Waals surface area contributed by atoms with Crippen molar-refractivity contribution in [1.82, 2.24) is 19.8 Å². The van der Waals surface area contributed by atoms with Crippen LogP contribution in [0.3, 0.4) is 0 Å². The molecule has 224 valence electrons. The summed E-state index contributed by atoms with van der Waals surface area (Å²) in [6, 6.07) is 12.8. The monoisotopic (exact) mass is 579 g/mol. The minimum Gasteiger partial charge on any atom is -0.494 e. The molecule has 0 aliphatic carbocycles. The Labute approximate surface area is 246 Å². The number of nitrogens with one attached hydrogen (secondary N) is 1. The molecule has 6 rings (SSSR count). The number of anilines is 4. The van der Waals surface area contributed by atoms with Gasteiger partial charge in [-0.2, -0.15) is 0 Å². The Morgan fingerprint density at radius 3 is 2.62 bits per heavy atom. The molecular weight excluding hydrogens is 540 g/mol. The van der Waals surface area contributed by atoms with E-state index in [1.807, 2.05) is 6.07 Å². The second-order valence-electron chi connectivity index (χ2n) is 11.4. The maximum absolute atomic E-state index is 14.6. The number of hydrogen-bond acceptors (Lipinski definition) is 9. The molecule has 4 heterocycles. The Hall–Kier alpha value is -3.54. The average molecular weight is 580 g/mol. The van der Waals surface area contributed by atoms with Gasteiger partial charge in [-0.3, -0.25) is 9.74 Å². The third-order valence-corrected chi connectivity index (χ3v) is 8.75. The Morgan fingerprint density at radius 2 is 1.83 bits per heavy atom. The van der Waals surface area contributed by atoms with Crippen LogP contribution in [0.2, 0.25) is 0 Å². The molecule has 0 amide bonds. The van der Waals surface area contributed by atoms with Crippen molar-refractivity contribution in [1.29, 1.82) is 0 Å². The van der Waals surface area contributed by atoms with Crippen LogP contribution in [-0.4, -0.2) is 85.3 Å². The number of hydrogen-bond donors (Lipinski definition) is 1. The SMILES string of the molecule is COc1cc(N2CCC(N3CCN(C)CC3C)CC2)ccc1Nc1cc(N2OCCC2c2cccc(F)c2F)ncn1. The molecule has 0 bridgehead atoms. The van der Waals surface area contributed by atoms with Gasteiger partial charge in [-0.25, -0.2) is 23.8 Å². The molecule has 11 heteroatoms. The summed E-state index contributed by atoms with van der Waals surface area (Å²) in [5, 5.41) is 4.85. The molecule has 2 aromatic carbocycles. The van der Waals surface area contributed by atoms with Crippen molar-refractivity contribution in [2.75, 3.05) is 68.8 Å². The molecular formula is C31H39F2N7O2. The summed E-state index contributed by atoms with van der Waals surface area (Å²) in [5.74, 6) is -0.0594. The largest absolute Gasteiger partial charge is 0.494 e. The van der Waals surface area contributed by atoms with Gasteiger partial charge in [0.2, 0.25) is 0 Å². The first-order valence-corrected chi connectivity index (χ1v) is 14.7. The zero-order chi connectivity index (χ0) is 29.2. The molecule has 3 aliphatic rings. The Bertz CT molecular complexity index is 1390. The molecule has 0 spiro atoms. The molecule has 3 aliphatic heterocycles. The fourth-order valence-electron chi connectivity index (χ4n) is 6.56. The van der Waals surface area contributed by atoms with Gasteiger partial charge in [0.1, 0.15) is 17.9 Å². The molecule has 2 atom stereocenters. The predicted molar refractivity (Wildman–Crippen MR) is 159 cm³/mol. The number of methoxy groups -OCH3 is 1. The predicted octanol–water partition coefficient (Wildman–Crippen LogP) is 4.99. The normalized spacial score (nSPS) is 22.5. The third kappa shape index (κ3) is 5.86. The molecule has 0 saturated carbocycles. The van der Waals surface area contributed by atoms with Crippen molar-refractivity contribution in [2.45, 2.75) is 44.3 Å². The summed E-state index contributed by atoms with van der Waals surface area (Å²) in [7, 11) is 3.87. The van der Waals surface area contributed by atoms with Crippen LogP contribution in [0.25, 0.3) is 0 Å². The number of likely N-dealkylation sites (N-methyl/N-ethyl adjacent to an activating group) is 1. The third-order valence-electron chi connectivity index (χ3n) is 8.75. The number of benzene rings is 2. The van der Waals surface area contributed by atoms with Crippen LogP contribution >= 0.6 is 0 Å². The summed E-state index contributed by atoms with van der Waals surface area (Å²) >= 11 is 0. The maximum atomic E-state index is 14.6. The van der Waals surface area contributed by atoms with Gasteiger partial charge in [0, 0.05) is 74.6 Å². The molecule has 3 saturated heterocycles. The van der Waals surface area contributed by atoms with Crippen LogP contribution in [0.5, 0.6) is 5.75 Å². The smallest absolute Gasteiger partial charge is 0.164 e. The van der Waals surface area contributed by atoms with E-state index in [0.717, 1.165) is 63.0 Å². The zero-order valence-corrected chi connectivity index (χ0v) is 24.5. The average Bonchev–Trinajstić information content (AvgIpc) is 3.49. The van der Waals surface area contributed by atoms with Crippen molar-refractivity contribution < 1.29 is 18.4 Å². The molecule has 3 aromatic rings. The summed E-state index contributed by atoms with van der Waals surface area (Å²) < 4.78 is 34.2. The highest BCUT2D eigenvalue weighted by molar-refractivity contribution is 5.70. The Kier molecular flexibility index (Phi) is 8.41. The van der Waals surface area contributed by atoms with Crippen molar-refractivity contribution in [2.24, 2.45) is 0 Å². The van der Waals surface area contributed by atoms with E-state index in [1.165, 1.54) is 17.5 Å². The number of piperazine rings is 1. The van der Waals surface area contributed by atoms with E-state index in [9.17, 15) is 8.78 Å². The Balaban J connectivity index is 1.13. The van der Waals surface area contributed by atoms with Crippen LogP contribution in [0.4, 0.5) is 31.8 Å². The fraction of sp³-hybridized carbons (Fsp3) is 0.484. The van der Waals surface area contributed by atoms with Crippen LogP contribution in [0, 0.1) is 11.6 Å². The highest BCUT2D eigenvalue weighted by Gasteiger charge is 2.33. The van der Waals surface area contributed by atoms with Gasteiger partial charge < -0.3 is 19.9 Å². The quantitative estimate of drug-likeness (QED) is 0.417. The van der Waals surface area contributed by atoms with E-state index in [4.69, 9.17) is 9.57 Å². The van der Waals surface area contributed by atoms with Gasteiger partial charge in [0.15, 0.2) is 17.5 Å². The van der Waals surface area contributed by atoms with E-state index in [2.05, 4.69) is 56.1 Å².